The van der Waals surface area contributed by atoms with Gasteiger partial charge in [-0.2, -0.15) is 0 Å². The predicted octanol–water partition coefficient (Wildman–Crippen LogP) is 6.67. The largest absolute Gasteiger partial charge is 0.408 e. The monoisotopic (exact) mass is 481 g/mol. The van der Waals surface area contributed by atoms with Crippen molar-refractivity contribution in [2.45, 2.75) is 97.0 Å². The van der Waals surface area contributed by atoms with E-state index < -0.39 is 11.4 Å². The van der Waals surface area contributed by atoms with Crippen molar-refractivity contribution in [3.05, 3.63) is 40.3 Å². The van der Waals surface area contributed by atoms with Crippen LogP contribution >= 0.6 is 0 Å². The van der Waals surface area contributed by atoms with Gasteiger partial charge < -0.3 is 9.52 Å². The van der Waals surface area contributed by atoms with E-state index in [2.05, 4.69) is 18.8 Å². The molecule has 1 heterocycles. The maximum Gasteiger partial charge on any atom is 0.346 e. The molecule has 4 nitrogen and oxygen atoms in total. The molecule has 0 aliphatic heterocycles. The molecule has 6 rings (SSSR count). The molecule has 0 amide bonds. The lowest BCUT2D eigenvalue weighted by Gasteiger charge is -2.62. The lowest BCUT2D eigenvalue weighted by atomic mass is 9.44. The van der Waals surface area contributed by atoms with Crippen LogP contribution < -0.4 is 5.63 Å². The van der Waals surface area contributed by atoms with Crippen LogP contribution in [0.15, 0.2) is 27.4 Å². The molecule has 8 unspecified atom stereocenters. The molecule has 0 bridgehead atoms. The quantitative estimate of drug-likeness (QED) is 0.530. The predicted molar refractivity (Wildman–Crippen MR) is 134 cm³/mol. The molecule has 8 atom stereocenters. The molecule has 1 aromatic heterocycles. The zero-order chi connectivity index (χ0) is 24.4. The molecule has 4 aliphatic rings. The number of nitrogens with zero attached hydrogens (tertiary/aromatic N) is 1. The number of benzene rings is 1. The van der Waals surface area contributed by atoms with Crippen molar-refractivity contribution in [3.8, 4) is 0 Å². The molecular weight excluding hydrogens is 441 g/mol. The first-order valence-corrected chi connectivity index (χ1v) is 14.1. The van der Waals surface area contributed by atoms with Crippen LogP contribution in [0.25, 0.3) is 10.9 Å². The van der Waals surface area contributed by atoms with Gasteiger partial charge in [-0.1, -0.05) is 32.8 Å². The van der Waals surface area contributed by atoms with Gasteiger partial charge in [0.15, 0.2) is 5.89 Å². The fraction of sp³-hybridized carbons (Fsp3) is 0.733. The smallest absolute Gasteiger partial charge is 0.346 e. The Balaban J connectivity index is 1.16. The average Bonchev–Trinajstić information content (AvgIpc) is 3.16. The minimum Gasteiger partial charge on any atom is -0.408 e. The van der Waals surface area contributed by atoms with Crippen molar-refractivity contribution >= 4 is 10.9 Å². The van der Waals surface area contributed by atoms with Crippen molar-refractivity contribution in [1.82, 2.24) is 4.98 Å². The molecule has 5 heteroatoms. The number of aliphatic hydroxyl groups is 1. The maximum atomic E-state index is 14.2. The number of hydrogen-bond acceptors (Lipinski definition) is 4. The number of halogens is 1. The molecule has 4 aliphatic carbocycles. The van der Waals surface area contributed by atoms with E-state index in [0.717, 1.165) is 19.3 Å². The van der Waals surface area contributed by atoms with E-state index in [1.165, 1.54) is 63.5 Å². The molecule has 190 valence electrons. The van der Waals surface area contributed by atoms with E-state index >= 15 is 0 Å². The van der Waals surface area contributed by atoms with Gasteiger partial charge in [0.2, 0.25) is 0 Å². The zero-order valence-corrected chi connectivity index (χ0v) is 21.3. The number of aliphatic hydroxyl groups excluding tert-OH is 1. The number of aryl methyl sites for hydroxylation is 1. The minimum absolute atomic E-state index is 0.116. The Hall–Kier alpha value is -1.75. The van der Waals surface area contributed by atoms with Crippen LogP contribution in [0.5, 0.6) is 0 Å². The fourth-order valence-electron chi connectivity index (χ4n) is 9.55. The maximum absolute atomic E-state index is 14.2. The molecule has 2 aromatic rings. The Labute approximate surface area is 207 Å². The van der Waals surface area contributed by atoms with E-state index in [1.807, 2.05) is 0 Å². The summed E-state index contributed by atoms with van der Waals surface area (Å²) >= 11 is 0. The van der Waals surface area contributed by atoms with E-state index in [9.17, 15) is 14.3 Å². The summed E-state index contributed by atoms with van der Waals surface area (Å²) in [7, 11) is 0. The molecule has 4 saturated carbocycles. The van der Waals surface area contributed by atoms with Crippen LogP contribution in [0.1, 0.15) is 90.4 Å². The number of para-hydroxylation sites is 1. The second-order valence-electron chi connectivity index (χ2n) is 12.8. The van der Waals surface area contributed by atoms with Crippen molar-refractivity contribution in [2.75, 3.05) is 0 Å². The first kappa shape index (κ1) is 23.6. The summed E-state index contributed by atoms with van der Waals surface area (Å²) in [5.74, 6) is 2.96. The molecule has 0 saturated heterocycles. The lowest BCUT2D eigenvalue weighted by Crippen LogP contribution is -2.57. The lowest BCUT2D eigenvalue weighted by molar-refractivity contribution is -0.162. The highest BCUT2D eigenvalue weighted by atomic mass is 19.1. The van der Waals surface area contributed by atoms with Gasteiger partial charge in [-0.25, -0.2) is 14.2 Å². The molecule has 0 radical (unpaired) electrons. The molecule has 4 fully saturated rings. The third-order valence-corrected chi connectivity index (χ3v) is 11.4. The van der Waals surface area contributed by atoms with Gasteiger partial charge in [0.05, 0.1) is 11.5 Å². The number of rotatable bonds is 4. The summed E-state index contributed by atoms with van der Waals surface area (Å²) in [5, 5.41) is 11.6. The Morgan fingerprint density at radius 2 is 1.91 bits per heavy atom. The van der Waals surface area contributed by atoms with Crippen molar-refractivity contribution < 1.29 is 13.9 Å². The summed E-state index contributed by atoms with van der Waals surface area (Å²) in [4.78, 5) is 16.6. The van der Waals surface area contributed by atoms with Crippen LogP contribution in [-0.2, 0) is 6.42 Å². The van der Waals surface area contributed by atoms with Crippen LogP contribution in [-0.4, -0.2) is 16.2 Å². The standard InChI is InChI=1S/C30H40FNO3/c1-29-15-4-3-7-19(29)17-24(33)26-21-13-12-18(30(21,2)16-14-22(26)29)8-5-11-25-32-27-20(28(34)35-25)9-6-10-23(27)31/h6,9-10,18-19,21-22,24,26,33H,3-5,7-8,11-17H2,1-2H3. The van der Waals surface area contributed by atoms with Crippen LogP contribution in [0.2, 0.25) is 0 Å². The van der Waals surface area contributed by atoms with Crippen molar-refractivity contribution in [3.63, 3.8) is 0 Å². The van der Waals surface area contributed by atoms with Crippen molar-refractivity contribution in [2.24, 2.45) is 40.4 Å². The Morgan fingerprint density at radius 1 is 1.09 bits per heavy atom. The number of fused-ring (bicyclic) bond motifs is 6. The van der Waals surface area contributed by atoms with Crippen molar-refractivity contribution in [1.29, 1.82) is 0 Å². The minimum atomic E-state index is -0.503. The highest BCUT2D eigenvalue weighted by Crippen LogP contribution is 2.67. The van der Waals surface area contributed by atoms with Gasteiger partial charge in [0.25, 0.3) is 0 Å². The van der Waals surface area contributed by atoms with Gasteiger partial charge >= 0.3 is 5.63 Å². The second-order valence-corrected chi connectivity index (χ2v) is 12.8. The molecule has 1 aromatic carbocycles. The highest BCUT2D eigenvalue weighted by molar-refractivity contribution is 5.77. The van der Waals surface area contributed by atoms with E-state index in [-0.39, 0.29) is 22.4 Å². The third kappa shape index (κ3) is 3.70. The normalized spacial score (nSPS) is 40.8. The zero-order valence-electron chi connectivity index (χ0n) is 21.3. The molecule has 1 N–H and O–H groups in total. The number of aromatic nitrogens is 1. The van der Waals surface area contributed by atoms with Gasteiger partial charge in [0, 0.05) is 6.42 Å². The van der Waals surface area contributed by atoms with Gasteiger partial charge in [-0.3, -0.25) is 0 Å². The second kappa shape index (κ2) is 8.68. The van der Waals surface area contributed by atoms with Gasteiger partial charge in [0.1, 0.15) is 11.3 Å². The fourth-order valence-corrected chi connectivity index (χ4v) is 9.55. The summed E-state index contributed by atoms with van der Waals surface area (Å²) in [5.41, 5.74) is 0.321. The van der Waals surface area contributed by atoms with E-state index in [0.29, 0.717) is 47.3 Å². The Morgan fingerprint density at radius 3 is 2.77 bits per heavy atom. The Bertz CT molecular complexity index is 1160. The third-order valence-electron chi connectivity index (χ3n) is 11.4. The van der Waals surface area contributed by atoms with E-state index in [1.54, 1.807) is 6.07 Å². The molecule has 35 heavy (non-hydrogen) atoms. The summed E-state index contributed by atoms with van der Waals surface area (Å²) < 4.78 is 19.6. The van der Waals surface area contributed by atoms with Crippen LogP contribution in [0.3, 0.4) is 0 Å². The van der Waals surface area contributed by atoms with E-state index in [4.69, 9.17) is 4.42 Å². The first-order chi connectivity index (χ1) is 16.8. The highest BCUT2D eigenvalue weighted by Gasteiger charge is 2.61. The van der Waals surface area contributed by atoms with Gasteiger partial charge in [-0.05, 0) is 110 Å². The molecule has 0 spiro atoms. The topological polar surface area (TPSA) is 63.3 Å². The Kier molecular flexibility index (Phi) is 5.86. The summed E-state index contributed by atoms with van der Waals surface area (Å²) in [6.07, 6.45) is 13.7. The van der Waals surface area contributed by atoms with Gasteiger partial charge in [-0.15, -0.1) is 0 Å². The summed E-state index contributed by atoms with van der Waals surface area (Å²) in [6, 6.07) is 4.41. The van der Waals surface area contributed by atoms with Crippen LogP contribution in [0, 0.1) is 46.2 Å². The van der Waals surface area contributed by atoms with Crippen LogP contribution in [0.4, 0.5) is 4.39 Å². The number of hydrogen-bond donors (Lipinski definition) is 1. The summed E-state index contributed by atoms with van der Waals surface area (Å²) in [6.45, 7) is 5.06. The SMILES string of the molecule is CC12CCC3C(C(O)CC4CCCCC43C)C1CCC2CCCc1nc2c(F)cccc2c(=O)o1. The average molecular weight is 482 g/mol. The molecular formula is C30H40FNO3. The first-order valence-electron chi connectivity index (χ1n) is 14.1.